The highest BCUT2D eigenvalue weighted by molar-refractivity contribution is 9.10. The van der Waals surface area contributed by atoms with Gasteiger partial charge in [-0.2, -0.15) is 0 Å². The molecule has 0 aliphatic carbocycles. The number of hydrogen-bond donors (Lipinski definition) is 1. The van der Waals surface area contributed by atoms with E-state index in [-0.39, 0.29) is 6.61 Å². The van der Waals surface area contributed by atoms with Gasteiger partial charge in [-0.1, -0.05) is 28.1 Å². The van der Waals surface area contributed by atoms with E-state index in [1.54, 1.807) is 7.11 Å². The summed E-state index contributed by atoms with van der Waals surface area (Å²) >= 11 is 3.45. The minimum absolute atomic E-state index is 0.0310. The average Bonchev–Trinajstić information content (AvgIpc) is 2.34. The zero-order valence-electron chi connectivity index (χ0n) is 10.0. The number of hydrogen-bond acceptors (Lipinski definition) is 3. The smallest absolute Gasteiger partial charge is 0.0702 e. The summed E-state index contributed by atoms with van der Waals surface area (Å²) in [5, 5.41) is 9.35. The summed E-state index contributed by atoms with van der Waals surface area (Å²) in [7, 11) is 1.68. The summed E-state index contributed by atoms with van der Waals surface area (Å²) in [6.45, 7) is 5.93. The number of aliphatic hydroxyl groups excluding tert-OH is 1. The SMILES string of the molecule is C=CCN(CCOC)c1cc(Br)ccc1CO. The predicted molar refractivity (Wildman–Crippen MR) is 74.4 cm³/mol. The molecule has 0 atom stereocenters. The minimum atomic E-state index is 0.0310. The lowest BCUT2D eigenvalue weighted by atomic mass is 10.1. The summed E-state index contributed by atoms with van der Waals surface area (Å²) in [6, 6.07) is 5.85. The van der Waals surface area contributed by atoms with Crippen molar-refractivity contribution in [1.29, 1.82) is 0 Å². The summed E-state index contributed by atoms with van der Waals surface area (Å²) in [6.07, 6.45) is 1.84. The fraction of sp³-hybridized carbons (Fsp3) is 0.385. The third-order valence-electron chi connectivity index (χ3n) is 2.47. The van der Waals surface area contributed by atoms with Gasteiger partial charge in [-0.3, -0.25) is 0 Å². The second-order valence-corrected chi connectivity index (χ2v) is 4.57. The van der Waals surface area contributed by atoms with E-state index < -0.39 is 0 Å². The Balaban J connectivity index is 2.97. The molecule has 1 rings (SSSR count). The summed E-state index contributed by atoms with van der Waals surface area (Å²) < 4.78 is 6.09. The van der Waals surface area contributed by atoms with Crippen LogP contribution in [0.1, 0.15) is 5.56 Å². The fourth-order valence-electron chi connectivity index (χ4n) is 1.63. The van der Waals surface area contributed by atoms with Crippen molar-refractivity contribution in [3.05, 3.63) is 40.9 Å². The number of nitrogens with zero attached hydrogens (tertiary/aromatic N) is 1. The van der Waals surface area contributed by atoms with Gasteiger partial charge in [0.2, 0.25) is 0 Å². The first-order valence-corrected chi connectivity index (χ1v) is 6.26. The average molecular weight is 300 g/mol. The Labute approximate surface area is 111 Å². The highest BCUT2D eigenvalue weighted by Crippen LogP contribution is 2.25. The van der Waals surface area contributed by atoms with E-state index in [2.05, 4.69) is 27.4 Å². The number of methoxy groups -OCH3 is 1. The van der Waals surface area contributed by atoms with Gasteiger partial charge in [0.05, 0.1) is 13.2 Å². The van der Waals surface area contributed by atoms with Crippen LogP contribution in [-0.4, -0.2) is 31.9 Å². The van der Waals surface area contributed by atoms with Gasteiger partial charge >= 0.3 is 0 Å². The molecule has 0 radical (unpaired) electrons. The molecular formula is C13H18BrNO2. The number of halogens is 1. The van der Waals surface area contributed by atoms with E-state index >= 15 is 0 Å². The van der Waals surface area contributed by atoms with Crippen LogP contribution in [-0.2, 0) is 11.3 Å². The van der Waals surface area contributed by atoms with Crippen molar-refractivity contribution in [3.8, 4) is 0 Å². The molecule has 0 amide bonds. The fourth-order valence-corrected chi connectivity index (χ4v) is 1.98. The molecule has 1 aromatic rings. The molecule has 94 valence electrons. The third kappa shape index (κ3) is 4.15. The lowest BCUT2D eigenvalue weighted by Gasteiger charge is -2.25. The molecule has 1 N–H and O–H groups in total. The van der Waals surface area contributed by atoms with Gasteiger partial charge in [-0.05, 0) is 12.1 Å². The van der Waals surface area contributed by atoms with Crippen molar-refractivity contribution in [2.45, 2.75) is 6.61 Å². The van der Waals surface area contributed by atoms with Gasteiger partial charge in [0, 0.05) is 35.9 Å². The Morgan fingerprint density at radius 2 is 2.29 bits per heavy atom. The maximum atomic E-state index is 9.35. The van der Waals surface area contributed by atoms with E-state index in [9.17, 15) is 5.11 Å². The van der Waals surface area contributed by atoms with Crippen molar-refractivity contribution < 1.29 is 9.84 Å². The largest absolute Gasteiger partial charge is 0.392 e. The molecule has 0 bridgehead atoms. The number of benzene rings is 1. The van der Waals surface area contributed by atoms with Gasteiger partial charge in [-0.25, -0.2) is 0 Å². The molecule has 0 heterocycles. The number of rotatable bonds is 7. The van der Waals surface area contributed by atoms with Gasteiger partial charge in [-0.15, -0.1) is 6.58 Å². The Morgan fingerprint density at radius 1 is 1.53 bits per heavy atom. The van der Waals surface area contributed by atoms with Gasteiger partial charge in [0.15, 0.2) is 0 Å². The normalized spacial score (nSPS) is 10.3. The van der Waals surface area contributed by atoms with Crippen LogP contribution < -0.4 is 4.90 Å². The summed E-state index contributed by atoms with van der Waals surface area (Å²) in [4.78, 5) is 2.13. The van der Waals surface area contributed by atoms with Crippen molar-refractivity contribution in [1.82, 2.24) is 0 Å². The van der Waals surface area contributed by atoms with Crippen LogP contribution in [0.3, 0.4) is 0 Å². The Morgan fingerprint density at radius 3 is 2.88 bits per heavy atom. The first-order chi connectivity index (χ1) is 8.22. The van der Waals surface area contributed by atoms with Crippen LogP contribution in [0.4, 0.5) is 5.69 Å². The second kappa shape index (κ2) is 7.48. The maximum absolute atomic E-state index is 9.35. The van der Waals surface area contributed by atoms with E-state index in [0.29, 0.717) is 6.61 Å². The molecular weight excluding hydrogens is 282 g/mol. The Bertz CT molecular complexity index is 368. The van der Waals surface area contributed by atoms with Crippen LogP contribution in [0, 0.1) is 0 Å². The number of ether oxygens (including phenoxy) is 1. The van der Waals surface area contributed by atoms with Gasteiger partial charge < -0.3 is 14.7 Å². The molecule has 0 saturated heterocycles. The molecule has 4 heteroatoms. The van der Waals surface area contributed by atoms with Crippen LogP contribution in [0.5, 0.6) is 0 Å². The molecule has 0 spiro atoms. The molecule has 0 aliphatic heterocycles. The minimum Gasteiger partial charge on any atom is -0.392 e. The van der Waals surface area contributed by atoms with Crippen molar-refractivity contribution >= 4 is 21.6 Å². The van der Waals surface area contributed by atoms with Crippen LogP contribution in [0.2, 0.25) is 0 Å². The topological polar surface area (TPSA) is 32.7 Å². The zero-order valence-corrected chi connectivity index (χ0v) is 11.6. The van der Waals surface area contributed by atoms with E-state index in [1.807, 2.05) is 24.3 Å². The van der Waals surface area contributed by atoms with Crippen molar-refractivity contribution in [2.75, 3.05) is 31.7 Å². The standard InChI is InChI=1S/C13H18BrNO2/c1-3-6-15(7-8-17-2)13-9-12(14)5-4-11(13)10-16/h3-5,9,16H,1,6-8,10H2,2H3. The molecule has 0 saturated carbocycles. The monoisotopic (exact) mass is 299 g/mol. The van der Waals surface area contributed by atoms with E-state index in [1.165, 1.54) is 0 Å². The Hall–Kier alpha value is -0.840. The summed E-state index contributed by atoms with van der Waals surface area (Å²) in [5.41, 5.74) is 1.92. The molecule has 0 aromatic heterocycles. The van der Waals surface area contributed by atoms with Gasteiger partial charge in [0.1, 0.15) is 0 Å². The maximum Gasteiger partial charge on any atom is 0.0702 e. The van der Waals surface area contributed by atoms with E-state index in [0.717, 1.165) is 28.8 Å². The van der Waals surface area contributed by atoms with Crippen molar-refractivity contribution in [2.24, 2.45) is 0 Å². The number of anilines is 1. The molecule has 3 nitrogen and oxygen atoms in total. The molecule has 1 aromatic carbocycles. The van der Waals surface area contributed by atoms with Crippen LogP contribution in [0.15, 0.2) is 35.3 Å². The zero-order chi connectivity index (χ0) is 12.7. The molecule has 17 heavy (non-hydrogen) atoms. The lowest BCUT2D eigenvalue weighted by Crippen LogP contribution is -2.28. The lowest BCUT2D eigenvalue weighted by molar-refractivity contribution is 0.205. The highest BCUT2D eigenvalue weighted by atomic mass is 79.9. The second-order valence-electron chi connectivity index (χ2n) is 3.66. The third-order valence-corrected chi connectivity index (χ3v) is 2.97. The first-order valence-electron chi connectivity index (χ1n) is 5.47. The quantitative estimate of drug-likeness (QED) is 0.786. The molecule has 0 unspecified atom stereocenters. The van der Waals surface area contributed by atoms with Crippen LogP contribution >= 0.6 is 15.9 Å². The van der Waals surface area contributed by atoms with Crippen LogP contribution in [0.25, 0.3) is 0 Å². The summed E-state index contributed by atoms with van der Waals surface area (Å²) in [5.74, 6) is 0. The molecule has 0 fully saturated rings. The van der Waals surface area contributed by atoms with Gasteiger partial charge in [0.25, 0.3) is 0 Å². The Kier molecular flexibility index (Phi) is 6.26. The van der Waals surface area contributed by atoms with E-state index in [4.69, 9.17) is 4.74 Å². The first kappa shape index (κ1) is 14.2. The number of aliphatic hydroxyl groups is 1. The molecule has 0 aliphatic rings. The van der Waals surface area contributed by atoms with Crippen molar-refractivity contribution in [3.63, 3.8) is 0 Å². The highest BCUT2D eigenvalue weighted by Gasteiger charge is 2.10. The predicted octanol–water partition coefficient (Wildman–Crippen LogP) is 2.58.